The summed E-state index contributed by atoms with van der Waals surface area (Å²) >= 11 is 0. The van der Waals surface area contributed by atoms with Crippen LogP contribution in [0.3, 0.4) is 0 Å². The van der Waals surface area contributed by atoms with Gasteiger partial charge >= 0.3 is 0 Å². The molecule has 0 aliphatic heterocycles. The van der Waals surface area contributed by atoms with Crippen molar-refractivity contribution in [2.24, 2.45) is 5.92 Å². The zero-order chi connectivity index (χ0) is 15.1. The first-order valence-corrected chi connectivity index (χ1v) is 7.09. The second-order valence-electron chi connectivity index (χ2n) is 5.26. The molecule has 0 fully saturated rings. The Bertz CT molecular complexity index is 447. The van der Waals surface area contributed by atoms with Gasteiger partial charge in [-0.05, 0) is 19.3 Å². The topological polar surface area (TPSA) is 64.4 Å². The van der Waals surface area contributed by atoms with E-state index < -0.39 is 0 Å². The van der Waals surface area contributed by atoms with Crippen LogP contribution in [-0.4, -0.2) is 17.6 Å². The molecule has 1 unspecified atom stereocenters. The van der Waals surface area contributed by atoms with E-state index in [4.69, 9.17) is 4.74 Å². The number of nitrogens with one attached hydrogen (secondary N) is 1. The zero-order valence-corrected chi connectivity index (χ0v) is 12.7. The van der Waals surface area contributed by atoms with Crippen molar-refractivity contribution in [2.75, 3.05) is 11.9 Å². The van der Waals surface area contributed by atoms with Crippen LogP contribution in [0.25, 0.3) is 0 Å². The van der Waals surface area contributed by atoms with Crippen molar-refractivity contribution in [1.29, 1.82) is 0 Å². The average Bonchev–Trinajstić information content (AvgIpc) is 2.42. The SMILES string of the molecule is CCCNc1c(COC(C)C(C)C)cccc1[N+](=O)[O-]. The molecule has 0 bridgehead atoms. The summed E-state index contributed by atoms with van der Waals surface area (Å²) in [5, 5.41) is 14.3. The number of ether oxygens (including phenoxy) is 1. The third kappa shape index (κ3) is 4.49. The second-order valence-corrected chi connectivity index (χ2v) is 5.26. The summed E-state index contributed by atoms with van der Waals surface area (Å²) in [7, 11) is 0. The third-order valence-electron chi connectivity index (χ3n) is 3.32. The number of nitro benzene ring substituents is 1. The molecule has 0 saturated heterocycles. The molecule has 0 heterocycles. The molecule has 1 atom stereocenters. The number of hydrogen-bond donors (Lipinski definition) is 1. The lowest BCUT2D eigenvalue weighted by atomic mass is 10.1. The van der Waals surface area contributed by atoms with Crippen LogP contribution >= 0.6 is 0 Å². The number of hydrogen-bond acceptors (Lipinski definition) is 4. The molecule has 0 spiro atoms. The Hall–Kier alpha value is -1.62. The van der Waals surface area contributed by atoms with Crippen LogP contribution in [-0.2, 0) is 11.3 Å². The molecular formula is C15H24N2O3. The lowest BCUT2D eigenvalue weighted by Gasteiger charge is -2.18. The fraction of sp³-hybridized carbons (Fsp3) is 0.600. The van der Waals surface area contributed by atoms with E-state index >= 15 is 0 Å². The summed E-state index contributed by atoms with van der Waals surface area (Å²) < 4.78 is 5.78. The summed E-state index contributed by atoms with van der Waals surface area (Å²) in [5.41, 5.74) is 1.52. The largest absolute Gasteiger partial charge is 0.379 e. The van der Waals surface area contributed by atoms with Crippen molar-refractivity contribution >= 4 is 11.4 Å². The van der Waals surface area contributed by atoms with Gasteiger partial charge in [0.2, 0.25) is 0 Å². The first-order chi connectivity index (χ1) is 9.47. The van der Waals surface area contributed by atoms with Gasteiger partial charge < -0.3 is 10.1 Å². The molecule has 5 nitrogen and oxygen atoms in total. The standard InChI is InChI=1S/C15H24N2O3/c1-5-9-16-15-13(10-20-12(4)11(2)3)7-6-8-14(15)17(18)19/h6-8,11-12,16H,5,9-10H2,1-4H3. The number of nitrogens with zero attached hydrogens (tertiary/aromatic N) is 1. The van der Waals surface area contributed by atoms with Crippen molar-refractivity contribution in [2.45, 2.75) is 46.8 Å². The smallest absolute Gasteiger partial charge is 0.292 e. The van der Waals surface area contributed by atoms with E-state index in [9.17, 15) is 10.1 Å². The van der Waals surface area contributed by atoms with E-state index in [2.05, 4.69) is 19.2 Å². The van der Waals surface area contributed by atoms with Gasteiger partial charge in [-0.25, -0.2) is 0 Å². The van der Waals surface area contributed by atoms with Gasteiger partial charge in [0.1, 0.15) is 5.69 Å². The molecule has 5 heteroatoms. The maximum absolute atomic E-state index is 11.1. The minimum absolute atomic E-state index is 0.108. The van der Waals surface area contributed by atoms with Gasteiger partial charge in [-0.1, -0.05) is 32.9 Å². The Morgan fingerprint density at radius 2 is 2.05 bits per heavy atom. The Morgan fingerprint density at radius 1 is 1.35 bits per heavy atom. The highest BCUT2D eigenvalue weighted by Crippen LogP contribution is 2.29. The molecular weight excluding hydrogens is 256 g/mol. The van der Waals surface area contributed by atoms with Crippen LogP contribution in [0.4, 0.5) is 11.4 Å². The molecule has 1 aromatic carbocycles. The number of para-hydroxylation sites is 1. The van der Waals surface area contributed by atoms with Gasteiger partial charge in [-0.2, -0.15) is 0 Å². The van der Waals surface area contributed by atoms with E-state index in [0.29, 0.717) is 24.8 Å². The van der Waals surface area contributed by atoms with Crippen LogP contribution in [0.1, 0.15) is 39.7 Å². The highest BCUT2D eigenvalue weighted by Gasteiger charge is 2.18. The van der Waals surface area contributed by atoms with Crippen LogP contribution < -0.4 is 5.32 Å². The Labute approximate surface area is 120 Å². The highest BCUT2D eigenvalue weighted by atomic mass is 16.6. The summed E-state index contributed by atoms with van der Waals surface area (Å²) in [6.45, 7) is 9.31. The molecule has 0 aliphatic carbocycles. The number of nitro groups is 1. The van der Waals surface area contributed by atoms with Gasteiger partial charge in [0.05, 0.1) is 17.6 Å². The van der Waals surface area contributed by atoms with Crippen molar-refractivity contribution in [3.05, 3.63) is 33.9 Å². The molecule has 1 rings (SSSR count). The minimum atomic E-state index is -0.354. The predicted octanol–water partition coefficient (Wildman–Crippen LogP) is 3.98. The fourth-order valence-corrected chi connectivity index (χ4v) is 1.73. The van der Waals surface area contributed by atoms with Crippen molar-refractivity contribution in [3.8, 4) is 0 Å². The Kier molecular flexibility index (Phi) is 6.45. The second kappa shape index (κ2) is 7.85. The Balaban J connectivity index is 2.93. The van der Waals surface area contributed by atoms with Gasteiger partial charge in [-0.15, -0.1) is 0 Å². The number of benzene rings is 1. The maximum atomic E-state index is 11.1. The van der Waals surface area contributed by atoms with Gasteiger partial charge in [-0.3, -0.25) is 10.1 Å². The Morgan fingerprint density at radius 3 is 2.60 bits per heavy atom. The first kappa shape index (κ1) is 16.4. The van der Waals surface area contributed by atoms with Crippen molar-refractivity contribution < 1.29 is 9.66 Å². The van der Waals surface area contributed by atoms with Gasteiger partial charge in [0.15, 0.2) is 0 Å². The lowest BCUT2D eigenvalue weighted by Crippen LogP contribution is -2.16. The quantitative estimate of drug-likeness (QED) is 0.578. The van der Waals surface area contributed by atoms with Gasteiger partial charge in [0, 0.05) is 18.2 Å². The monoisotopic (exact) mass is 280 g/mol. The third-order valence-corrected chi connectivity index (χ3v) is 3.32. The number of anilines is 1. The van der Waals surface area contributed by atoms with E-state index in [0.717, 1.165) is 12.0 Å². The highest BCUT2D eigenvalue weighted by molar-refractivity contribution is 5.66. The lowest BCUT2D eigenvalue weighted by molar-refractivity contribution is -0.384. The van der Waals surface area contributed by atoms with Gasteiger partial charge in [0.25, 0.3) is 5.69 Å². The molecule has 0 radical (unpaired) electrons. The molecule has 1 N–H and O–H groups in total. The molecule has 112 valence electrons. The average molecular weight is 280 g/mol. The minimum Gasteiger partial charge on any atom is -0.379 e. The van der Waals surface area contributed by atoms with Crippen molar-refractivity contribution in [1.82, 2.24) is 0 Å². The maximum Gasteiger partial charge on any atom is 0.292 e. The molecule has 1 aromatic rings. The molecule has 0 saturated carbocycles. The predicted molar refractivity (Wildman–Crippen MR) is 81.0 cm³/mol. The summed E-state index contributed by atoms with van der Waals surface area (Å²) in [6, 6.07) is 5.10. The first-order valence-electron chi connectivity index (χ1n) is 7.09. The molecule has 0 aliphatic rings. The van der Waals surface area contributed by atoms with E-state index in [1.165, 1.54) is 6.07 Å². The van der Waals surface area contributed by atoms with E-state index in [1.807, 2.05) is 19.9 Å². The summed E-state index contributed by atoms with van der Waals surface area (Å²) in [4.78, 5) is 10.8. The summed E-state index contributed by atoms with van der Waals surface area (Å²) in [5.74, 6) is 0.417. The van der Waals surface area contributed by atoms with Crippen LogP contribution in [0.15, 0.2) is 18.2 Å². The van der Waals surface area contributed by atoms with E-state index in [1.54, 1.807) is 6.07 Å². The fourth-order valence-electron chi connectivity index (χ4n) is 1.73. The van der Waals surface area contributed by atoms with Crippen LogP contribution in [0, 0.1) is 16.0 Å². The van der Waals surface area contributed by atoms with E-state index in [-0.39, 0.29) is 16.7 Å². The van der Waals surface area contributed by atoms with Crippen molar-refractivity contribution in [3.63, 3.8) is 0 Å². The summed E-state index contributed by atoms with van der Waals surface area (Å²) in [6.07, 6.45) is 1.03. The molecule has 0 amide bonds. The molecule has 0 aromatic heterocycles. The normalized spacial score (nSPS) is 12.4. The number of rotatable bonds is 8. The van der Waals surface area contributed by atoms with Crippen LogP contribution in [0.5, 0.6) is 0 Å². The van der Waals surface area contributed by atoms with Crippen LogP contribution in [0.2, 0.25) is 0 Å². The zero-order valence-electron chi connectivity index (χ0n) is 12.7. The molecule has 20 heavy (non-hydrogen) atoms.